The molecule has 20 heavy (non-hydrogen) atoms. The number of likely N-dealkylation sites (N-methyl/N-ethyl adjacent to an activating group) is 1. The zero-order valence-electron chi connectivity index (χ0n) is 12.7. The summed E-state index contributed by atoms with van der Waals surface area (Å²) in [6.07, 6.45) is 0.898. The van der Waals surface area contributed by atoms with Crippen LogP contribution in [0, 0.1) is 0 Å². The van der Waals surface area contributed by atoms with Gasteiger partial charge in [-0.15, -0.1) is 0 Å². The molecule has 4 heteroatoms. The molecular weight excluding hydrogens is 252 g/mol. The second-order valence-electron chi connectivity index (χ2n) is 5.97. The van der Waals surface area contributed by atoms with E-state index in [1.807, 2.05) is 19.2 Å². The Morgan fingerprint density at radius 2 is 2.05 bits per heavy atom. The van der Waals surface area contributed by atoms with Gasteiger partial charge in [0.1, 0.15) is 5.75 Å². The van der Waals surface area contributed by atoms with Crippen molar-refractivity contribution in [3.8, 4) is 5.75 Å². The Balaban J connectivity index is 2.09. The molecule has 2 N–H and O–H groups in total. The Kier molecular flexibility index (Phi) is 5.02. The number of phenolic OH excluding ortho intramolecular Hbond substituents is 1. The molecule has 1 aromatic rings. The summed E-state index contributed by atoms with van der Waals surface area (Å²) in [5.74, 6) is 0.335. The van der Waals surface area contributed by atoms with Crippen LogP contribution >= 0.6 is 0 Å². The number of aromatic hydroxyl groups is 1. The van der Waals surface area contributed by atoms with Gasteiger partial charge in [0, 0.05) is 24.7 Å². The first-order valence-electron chi connectivity index (χ1n) is 7.32. The summed E-state index contributed by atoms with van der Waals surface area (Å²) >= 11 is 0. The predicted molar refractivity (Wildman–Crippen MR) is 81.1 cm³/mol. The summed E-state index contributed by atoms with van der Waals surface area (Å²) in [7, 11) is 2.01. The van der Waals surface area contributed by atoms with Crippen LogP contribution in [0.1, 0.15) is 19.4 Å². The molecule has 1 fully saturated rings. The molecule has 0 aromatic heterocycles. The summed E-state index contributed by atoms with van der Waals surface area (Å²) in [5.41, 5.74) is 1.20. The van der Waals surface area contributed by atoms with Crippen LogP contribution in [0.2, 0.25) is 0 Å². The molecule has 0 saturated carbocycles. The number of phenols is 1. The molecule has 0 spiro atoms. The highest BCUT2D eigenvalue weighted by Gasteiger charge is 2.35. The quantitative estimate of drug-likeness (QED) is 0.859. The van der Waals surface area contributed by atoms with Gasteiger partial charge in [0.15, 0.2) is 0 Å². The minimum Gasteiger partial charge on any atom is -0.508 e. The first-order valence-corrected chi connectivity index (χ1v) is 7.32. The van der Waals surface area contributed by atoms with Crippen molar-refractivity contribution < 1.29 is 9.84 Å². The van der Waals surface area contributed by atoms with E-state index in [0.717, 1.165) is 38.3 Å². The zero-order valence-corrected chi connectivity index (χ0v) is 12.7. The average molecular weight is 278 g/mol. The van der Waals surface area contributed by atoms with Crippen molar-refractivity contribution in [2.45, 2.75) is 31.8 Å². The van der Waals surface area contributed by atoms with Crippen LogP contribution in [-0.4, -0.2) is 54.9 Å². The summed E-state index contributed by atoms with van der Waals surface area (Å²) in [6.45, 7) is 8.14. The van der Waals surface area contributed by atoms with Crippen LogP contribution in [-0.2, 0) is 11.2 Å². The molecule has 1 saturated heterocycles. The van der Waals surface area contributed by atoms with Gasteiger partial charge >= 0.3 is 0 Å². The average Bonchev–Trinajstić information content (AvgIpc) is 2.45. The monoisotopic (exact) mass is 278 g/mol. The maximum atomic E-state index is 9.60. The molecule has 1 aromatic carbocycles. The Morgan fingerprint density at radius 3 is 2.65 bits per heavy atom. The summed E-state index contributed by atoms with van der Waals surface area (Å²) in [6, 6.07) is 7.85. The van der Waals surface area contributed by atoms with Crippen LogP contribution in [0.3, 0.4) is 0 Å². The molecule has 4 nitrogen and oxygen atoms in total. The Labute approximate surface area is 121 Å². The number of ether oxygens (including phenoxy) is 1. The fourth-order valence-corrected chi connectivity index (χ4v) is 2.98. The maximum Gasteiger partial charge on any atom is 0.115 e. The Hall–Kier alpha value is -1.10. The largest absolute Gasteiger partial charge is 0.508 e. The van der Waals surface area contributed by atoms with Gasteiger partial charge in [-0.2, -0.15) is 0 Å². The standard InChI is InChI=1S/C16H26N2O2/c1-16(2,18-7-9-20-10-8-18)15(17-3)12-13-5-4-6-14(19)11-13/h4-6,11,15,17,19H,7-10,12H2,1-3H3. The van der Waals surface area contributed by atoms with Gasteiger partial charge in [0.05, 0.1) is 13.2 Å². The van der Waals surface area contributed by atoms with Gasteiger partial charge in [0.2, 0.25) is 0 Å². The van der Waals surface area contributed by atoms with E-state index in [9.17, 15) is 5.11 Å². The molecule has 1 atom stereocenters. The lowest BCUT2D eigenvalue weighted by Gasteiger charge is -2.46. The molecule has 1 heterocycles. The molecule has 112 valence electrons. The lowest BCUT2D eigenvalue weighted by Crippen LogP contribution is -2.60. The van der Waals surface area contributed by atoms with Crippen molar-refractivity contribution in [3.05, 3.63) is 29.8 Å². The summed E-state index contributed by atoms with van der Waals surface area (Å²) in [5, 5.41) is 13.0. The number of nitrogens with zero attached hydrogens (tertiary/aromatic N) is 1. The number of hydrogen-bond acceptors (Lipinski definition) is 4. The van der Waals surface area contributed by atoms with Crippen molar-refractivity contribution >= 4 is 0 Å². The number of benzene rings is 1. The van der Waals surface area contributed by atoms with E-state index >= 15 is 0 Å². The Bertz CT molecular complexity index is 428. The third kappa shape index (κ3) is 3.51. The van der Waals surface area contributed by atoms with Gasteiger partial charge in [-0.3, -0.25) is 4.90 Å². The number of nitrogens with one attached hydrogen (secondary N) is 1. The van der Waals surface area contributed by atoms with Crippen molar-refractivity contribution in [3.63, 3.8) is 0 Å². The van der Waals surface area contributed by atoms with Crippen molar-refractivity contribution in [2.75, 3.05) is 33.4 Å². The van der Waals surface area contributed by atoms with Crippen LogP contribution in [0.5, 0.6) is 5.75 Å². The molecule has 0 amide bonds. The smallest absolute Gasteiger partial charge is 0.115 e. The normalized spacial score (nSPS) is 18.9. The predicted octanol–water partition coefficient (Wildman–Crippen LogP) is 1.63. The SMILES string of the molecule is CNC(Cc1cccc(O)c1)C(C)(C)N1CCOCC1. The van der Waals surface area contributed by atoms with E-state index in [1.54, 1.807) is 6.07 Å². The number of rotatable bonds is 5. The lowest BCUT2D eigenvalue weighted by atomic mass is 9.87. The molecule has 1 aliphatic rings. The highest BCUT2D eigenvalue weighted by Crippen LogP contribution is 2.24. The van der Waals surface area contributed by atoms with Gasteiger partial charge < -0.3 is 15.2 Å². The van der Waals surface area contributed by atoms with Gasteiger partial charge in [-0.05, 0) is 45.0 Å². The van der Waals surface area contributed by atoms with Crippen LogP contribution in [0.4, 0.5) is 0 Å². The molecular formula is C16H26N2O2. The third-order valence-corrected chi connectivity index (χ3v) is 4.38. The molecule has 2 rings (SSSR count). The van der Waals surface area contributed by atoms with Gasteiger partial charge in [0.25, 0.3) is 0 Å². The fourth-order valence-electron chi connectivity index (χ4n) is 2.98. The summed E-state index contributed by atoms with van der Waals surface area (Å²) < 4.78 is 5.45. The van der Waals surface area contributed by atoms with Crippen molar-refractivity contribution in [1.29, 1.82) is 0 Å². The Morgan fingerprint density at radius 1 is 1.35 bits per heavy atom. The van der Waals surface area contributed by atoms with E-state index in [4.69, 9.17) is 4.74 Å². The van der Waals surface area contributed by atoms with Crippen molar-refractivity contribution in [2.24, 2.45) is 0 Å². The van der Waals surface area contributed by atoms with Crippen LogP contribution in [0.25, 0.3) is 0 Å². The summed E-state index contributed by atoms with van der Waals surface area (Å²) in [4.78, 5) is 2.49. The van der Waals surface area contributed by atoms with Crippen LogP contribution < -0.4 is 5.32 Å². The lowest BCUT2D eigenvalue weighted by molar-refractivity contribution is -0.0223. The first-order chi connectivity index (χ1) is 9.54. The minimum absolute atomic E-state index is 0.0456. The third-order valence-electron chi connectivity index (χ3n) is 4.38. The van der Waals surface area contributed by atoms with E-state index in [2.05, 4.69) is 30.1 Å². The van der Waals surface area contributed by atoms with E-state index in [-0.39, 0.29) is 5.54 Å². The second-order valence-corrected chi connectivity index (χ2v) is 5.97. The minimum atomic E-state index is 0.0456. The molecule has 0 bridgehead atoms. The maximum absolute atomic E-state index is 9.60. The first kappa shape index (κ1) is 15.3. The van der Waals surface area contributed by atoms with Gasteiger partial charge in [-0.25, -0.2) is 0 Å². The molecule has 1 unspecified atom stereocenters. The highest BCUT2D eigenvalue weighted by atomic mass is 16.5. The number of hydrogen-bond donors (Lipinski definition) is 2. The molecule has 1 aliphatic heterocycles. The van der Waals surface area contributed by atoms with Crippen molar-refractivity contribution in [1.82, 2.24) is 10.2 Å². The van der Waals surface area contributed by atoms with Gasteiger partial charge in [-0.1, -0.05) is 12.1 Å². The fraction of sp³-hybridized carbons (Fsp3) is 0.625. The van der Waals surface area contributed by atoms with Crippen LogP contribution in [0.15, 0.2) is 24.3 Å². The van der Waals surface area contributed by atoms with E-state index in [0.29, 0.717) is 11.8 Å². The topological polar surface area (TPSA) is 44.7 Å². The van der Waals surface area contributed by atoms with E-state index in [1.165, 1.54) is 0 Å². The molecule has 0 aliphatic carbocycles. The second kappa shape index (κ2) is 6.57. The van der Waals surface area contributed by atoms with E-state index < -0.39 is 0 Å². The molecule has 0 radical (unpaired) electrons. The number of morpholine rings is 1. The highest BCUT2D eigenvalue weighted by molar-refractivity contribution is 5.28. The zero-order chi connectivity index (χ0) is 14.6.